The van der Waals surface area contributed by atoms with Crippen LogP contribution in [-0.4, -0.2) is 16.9 Å². The Morgan fingerprint density at radius 2 is 1.69 bits per heavy atom. The second-order valence-electron chi connectivity index (χ2n) is 2.87. The molecule has 0 saturated heterocycles. The quantitative estimate of drug-likeness (QED) is 0.629. The van der Waals surface area contributed by atoms with Gasteiger partial charge in [-0.3, -0.25) is 9.59 Å². The number of hydrogen-bond acceptors (Lipinski definition) is 3. The molecule has 1 aromatic carbocycles. The van der Waals surface area contributed by atoms with E-state index in [0.29, 0.717) is 5.69 Å². The van der Waals surface area contributed by atoms with Crippen LogP contribution in [-0.2, 0) is 9.59 Å². The molecule has 0 aliphatic heterocycles. The van der Waals surface area contributed by atoms with E-state index >= 15 is 0 Å². The van der Waals surface area contributed by atoms with Gasteiger partial charge in [0.1, 0.15) is 5.25 Å². The molecule has 0 fully saturated rings. The van der Waals surface area contributed by atoms with E-state index in [1.54, 1.807) is 24.3 Å². The number of para-hydroxylation sites is 1. The number of anilines is 1. The van der Waals surface area contributed by atoms with Crippen molar-refractivity contribution in [2.75, 3.05) is 5.32 Å². The highest BCUT2D eigenvalue weighted by Crippen LogP contribution is 2.07. The lowest BCUT2D eigenvalue weighted by Crippen LogP contribution is -2.28. The van der Waals surface area contributed by atoms with Crippen molar-refractivity contribution >= 4 is 30.0 Å². The summed E-state index contributed by atoms with van der Waals surface area (Å²) in [6.07, 6.45) is 0. The van der Waals surface area contributed by atoms with Crippen LogP contribution >= 0.6 is 12.6 Å². The third-order valence-electron chi connectivity index (χ3n) is 1.67. The van der Waals surface area contributed by atoms with Crippen molar-refractivity contribution in [1.29, 1.82) is 0 Å². The Morgan fingerprint density at radius 3 is 2.12 bits per heavy atom. The summed E-state index contributed by atoms with van der Waals surface area (Å²) in [4.78, 5) is 22.2. The van der Waals surface area contributed by atoms with Gasteiger partial charge in [0.2, 0.25) is 5.91 Å². The van der Waals surface area contributed by atoms with Gasteiger partial charge in [0, 0.05) is 5.69 Å². The molecule has 1 unspecified atom stereocenters. The van der Waals surface area contributed by atoms with Crippen LogP contribution < -0.4 is 5.32 Å². The van der Waals surface area contributed by atoms with Gasteiger partial charge in [-0.1, -0.05) is 32.0 Å². The van der Waals surface area contributed by atoms with Crippen LogP contribution in [0.25, 0.3) is 0 Å². The predicted octanol–water partition coefficient (Wildman–Crippen LogP) is 2.54. The van der Waals surface area contributed by atoms with Gasteiger partial charge in [0.05, 0.1) is 0 Å². The van der Waals surface area contributed by atoms with Gasteiger partial charge in [0.25, 0.3) is 0 Å². The number of Topliss-reactive ketones (excluding diaryl/α,β-unsaturated/α-hetero) is 1. The molecule has 1 rings (SSSR count). The first kappa shape index (κ1) is 14.7. The molecule has 1 N–H and O–H groups in total. The molecule has 1 amide bonds. The van der Waals surface area contributed by atoms with E-state index in [1.807, 2.05) is 19.9 Å². The number of nitrogens with one attached hydrogen (secondary N) is 1. The number of carbonyl (C=O) groups excluding carboxylic acids is 2. The minimum Gasteiger partial charge on any atom is -0.325 e. The van der Waals surface area contributed by atoms with Crippen molar-refractivity contribution in [2.45, 2.75) is 26.0 Å². The van der Waals surface area contributed by atoms with Gasteiger partial charge in [-0.15, -0.1) is 0 Å². The van der Waals surface area contributed by atoms with E-state index in [9.17, 15) is 9.59 Å². The standard InChI is InChI=1S/C10H11NO2S.C2H6/c1-7(12)9(14)10(13)11-8-5-3-2-4-6-8;1-2/h2-6,9,14H,1H3,(H,11,13);1-2H3. The van der Waals surface area contributed by atoms with Crippen molar-refractivity contribution in [3.63, 3.8) is 0 Å². The first-order valence-corrected chi connectivity index (χ1v) is 5.67. The maximum Gasteiger partial charge on any atom is 0.244 e. The Bertz CT molecular complexity index is 338. The second-order valence-corrected chi connectivity index (χ2v) is 3.38. The zero-order valence-corrected chi connectivity index (χ0v) is 10.6. The van der Waals surface area contributed by atoms with Crippen molar-refractivity contribution in [3.8, 4) is 0 Å². The Hall–Kier alpha value is -1.29. The SMILES string of the molecule is CC.CC(=O)C(S)C(=O)Nc1ccccc1. The first-order valence-electron chi connectivity index (χ1n) is 5.15. The summed E-state index contributed by atoms with van der Waals surface area (Å²) < 4.78 is 0. The van der Waals surface area contributed by atoms with Crippen LogP contribution in [0, 0.1) is 0 Å². The molecule has 16 heavy (non-hydrogen) atoms. The van der Waals surface area contributed by atoms with Gasteiger partial charge in [-0.05, 0) is 19.1 Å². The van der Waals surface area contributed by atoms with Crippen LogP contribution in [0.5, 0.6) is 0 Å². The Balaban J connectivity index is 0.00000106. The number of benzene rings is 1. The molecule has 3 nitrogen and oxygen atoms in total. The highest BCUT2D eigenvalue weighted by Gasteiger charge is 2.18. The van der Waals surface area contributed by atoms with E-state index in [4.69, 9.17) is 0 Å². The average Bonchev–Trinajstić information content (AvgIpc) is 2.31. The maximum absolute atomic E-state index is 11.3. The molecule has 0 heterocycles. The lowest BCUT2D eigenvalue weighted by molar-refractivity contribution is -0.123. The van der Waals surface area contributed by atoms with Crippen molar-refractivity contribution in [2.24, 2.45) is 0 Å². The minimum atomic E-state index is -0.893. The number of rotatable bonds is 3. The number of carbonyl (C=O) groups is 2. The van der Waals surface area contributed by atoms with Crippen LogP contribution in [0.3, 0.4) is 0 Å². The minimum absolute atomic E-state index is 0.262. The summed E-state index contributed by atoms with van der Waals surface area (Å²) in [5.41, 5.74) is 0.665. The number of hydrogen-bond donors (Lipinski definition) is 2. The first-order chi connectivity index (χ1) is 7.61. The van der Waals surface area contributed by atoms with Crippen LogP contribution in [0.4, 0.5) is 5.69 Å². The molecule has 0 saturated carbocycles. The highest BCUT2D eigenvalue weighted by molar-refractivity contribution is 7.82. The monoisotopic (exact) mass is 239 g/mol. The topological polar surface area (TPSA) is 46.2 Å². The van der Waals surface area contributed by atoms with Gasteiger partial charge >= 0.3 is 0 Å². The zero-order chi connectivity index (χ0) is 12.6. The summed E-state index contributed by atoms with van der Waals surface area (Å²) in [5, 5.41) is 1.69. The van der Waals surface area contributed by atoms with Gasteiger partial charge in [-0.2, -0.15) is 12.6 Å². The Morgan fingerprint density at radius 1 is 1.19 bits per heavy atom. The maximum atomic E-state index is 11.3. The molecular weight excluding hydrogens is 222 g/mol. The normalized spacial score (nSPS) is 10.8. The fraction of sp³-hybridized carbons (Fsp3) is 0.333. The fourth-order valence-corrected chi connectivity index (χ4v) is 0.981. The largest absolute Gasteiger partial charge is 0.325 e. The molecule has 0 spiro atoms. The van der Waals surface area contributed by atoms with Crippen molar-refractivity contribution in [1.82, 2.24) is 0 Å². The Kier molecular flexibility index (Phi) is 7.29. The molecule has 1 aromatic rings. The van der Waals surface area contributed by atoms with Gasteiger partial charge < -0.3 is 5.32 Å². The van der Waals surface area contributed by atoms with Crippen LogP contribution in [0.1, 0.15) is 20.8 Å². The van der Waals surface area contributed by atoms with Crippen LogP contribution in [0.2, 0.25) is 0 Å². The average molecular weight is 239 g/mol. The Labute approximate surface area is 102 Å². The smallest absolute Gasteiger partial charge is 0.244 e. The van der Waals surface area contributed by atoms with E-state index in [0.717, 1.165) is 0 Å². The van der Waals surface area contributed by atoms with E-state index in [-0.39, 0.29) is 5.78 Å². The molecule has 88 valence electrons. The summed E-state index contributed by atoms with van der Waals surface area (Å²) in [5.74, 6) is -0.659. The molecule has 0 aliphatic carbocycles. The summed E-state index contributed by atoms with van der Waals surface area (Å²) in [7, 11) is 0. The number of thiol groups is 1. The molecule has 4 heteroatoms. The second kappa shape index (κ2) is 7.93. The summed E-state index contributed by atoms with van der Waals surface area (Å²) in [6.45, 7) is 5.34. The number of ketones is 1. The van der Waals surface area contributed by atoms with Crippen molar-refractivity contribution < 1.29 is 9.59 Å². The van der Waals surface area contributed by atoms with Crippen molar-refractivity contribution in [3.05, 3.63) is 30.3 Å². The van der Waals surface area contributed by atoms with Gasteiger partial charge in [0.15, 0.2) is 5.78 Å². The molecule has 0 aliphatic rings. The fourth-order valence-electron chi connectivity index (χ4n) is 0.917. The van der Waals surface area contributed by atoms with Crippen LogP contribution in [0.15, 0.2) is 30.3 Å². The van der Waals surface area contributed by atoms with E-state index in [1.165, 1.54) is 6.92 Å². The summed E-state index contributed by atoms with van der Waals surface area (Å²) in [6, 6.07) is 8.95. The number of amides is 1. The summed E-state index contributed by atoms with van der Waals surface area (Å²) >= 11 is 3.89. The molecule has 0 bridgehead atoms. The molecule has 0 aromatic heterocycles. The molecule has 0 radical (unpaired) electrons. The lowest BCUT2D eigenvalue weighted by atomic mass is 10.2. The van der Waals surface area contributed by atoms with E-state index in [2.05, 4.69) is 17.9 Å². The predicted molar refractivity (Wildman–Crippen MR) is 69.9 cm³/mol. The highest BCUT2D eigenvalue weighted by atomic mass is 32.1. The molecular formula is C12H17NO2S. The third-order valence-corrected chi connectivity index (χ3v) is 2.27. The van der Waals surface area contributed by atoms with Gasteiger partial charge in [-0.25, -0.2) is 0 Å². The van der Waals surface area contributed by atoms with E-state index < -0.39 is 11.2 Å². The third kappa shape index (κ3) is 4.98. The zero-order valence-electron chi connectivity index (χ0n) is 9.73. The molecule has 1 atom stereocenters. The lowest BCUT2D eigenvalue weighted by Gasteiger charge is -2.07.